The molecule has 5 heteroatoms. The van der Waals surface area contributed by atoms with Crippen molar-refractivity contribution in [3.63, 3.8) is 0 Å². The van der Waals surface area contributed by atoms with E-state index in [0.717, 1.165) is 12.8 Å². The molecule has 2 aliphatic heterocycles. The molecule has 0 spiro atoms. The Kier molecular flexibility index (Phi) is 2.65. The Morgan fingerprint density at radius 2 is 2.20 bits per heavy atom. The topological polar surface area (TPSA) is 75.4 Å². The average molecular weight is 211 g/mol. The second kappa shape index (κ2) is 3.81. The van der Waals surface area contributed by atoms with E-state index in [-0.39, 0.29) is 23.9 Å². The molecular weight excluding hydrogens is 194 g/mol. The van der Waals surface area contributed by atoms with Crippen molar-refractivity contribution < 1.29 is 9.59 Å². The Morgan fingerprint density at radius 3 is 2.87 bits per heavy atom. The van der Waals surface area contributed by atoms with E-state index in [1.807, 2.05) is 4.90 Å². The number of nitrogens with zero attached hydrogens (tertiary/aromatic N) is 1. The van der Waals surface area contributed by atoms with E-state index in [1.165, 1.54) is 0 Å². The zero-order valence-electron chi connectivity index (χ0n) is 8.90. The minimum absolute atomic E-state index is 0.0287. The molecule has 2 aliphatic rings. The van der Waals surface area contributed by atoms with Crippen molar-refractivity contribution in [2.24, 2.45) is 5.73 Å². The second-order valence-electron chi connectivity index (χ2n) is 4.43. The molecule has 0 aliphatic carbocycles. The number of fused-ring (bicyclic) bond motifs is 2. The number of nitrogens with two attached hydrogens (primary N) is 1. The highest BCUT2D eigenvalue weighted by molar-refractivity contribution is 5.84. The Morgan fingerprint density at radius 1 is 1.53 bits per heavy atom. The molecular formula is C10H17N3O2. The number of carbonyl (C=O) groups excluding carboxylic acids is 2. The average Bonchev–Trinajstić information content (AvgIpc) is 2.47. The Bertz CT molecular complexity index is 290. The van der Waals surface area contributed by atoms with Gasteiger partial charge in [0.2, 0.25) is 11.8 Å². The number of nitrogens with one attached hydrogen (secondary N) is 1. The minimum Gasteiger partial charge on any atom is -0.354 e. The molecule has 0 aromatic heterocycles. The van der Waals surface area contributed by atoms with E-state index in [0.29, 0.717) is 13.0 Å². The Balaban J connectivity index is 2.17. The third-order valence-electron chi connectivity index (χ3n) is 3.22. The minimum atomic E-state index is -0.471. The van der Waals surface area contributed by atoms with Gasteiger partial charge in [-0.15, -0.1) is 0 Å². The van der Waals surface area contributed by atoms with Gasteiger partial charge in [-0.1, -0.05) is 0 Å². The lowest BCUT2D eigenvalue weighted by Gasteiger charge is -2.28. The summed E-state index contributed by atoms with van der Waals surface area (Å²) in [6.45, 7) is 2.27. The van der Waals surface area contributed by atoms with Crippen LogP contribution in [-0.2, 0) is 9.59 Å². The maximum atomic E-state index is 11.9. The number of amides is 2. The number of hydrogen-bond acceptors (Lipinski definition) is 3. The van der Waals surface area contributed by atoms with Gasteiger partial charge in [0.25, 0.3) is 0 Å². The van der Waals surface area contributed by atoms with Crippen LogP contribution < -0.4 is 11.1 Å². The second-order valence-corrected chi connectivity index (χ2v) is 4.43. The summed E-state index contributed by atoms with van der Waals surface area (Å²) in [6, 6.07) is -0.253. The Hall–Kier alpha value is -1.10. The van der Waals surface area contributed by atoms with Crippen LogP contribution in [0, 0.1) is 0 Å². The van der Waals surface area contributed by atoms with E-state index in [2.05, 4.69) is 5.32 Å². The molecule has 2 fully saturated rings. The van der Waals surface area contributed by atoms with Crippen LogP contribution in [0.5, 0.6) is 0 Å². The van der Waals surface area contributed by atoms with Crippen molar-refractivity contribution >= 4 is 11.8 Å². The van der Waals surface area contributed by atoms with Crippen LogP contribution in [-0.4, -0.2) is 41.4 Å². The largest absolute Gasteiger partial charge is 0.354 e. The van der Waals surface area contributed by atoms with Crippen molar-refractivity contribution in [2.45, 2.75) is 44.3 Å². The normalized spacial score (nSPS) is 32.1. The summed E-state index contributed by atoms with van der Waals surface area (Å²) in [4.78, 5) is 25.0. The first-order valence-electron chi connectivity index (χ1n) is 5.44. The van der Waals surface area contributed by atoms with Crippen LogP contribution >= 0.6 is 0 Å². The van der Waals surface area contributed by atoms with Gasteiger partial charge in [0.05, 0.1) is 6.04 Å². The van der Waals surface area contributed by atoms with Gasteiger partial charge in [0.15, 0.2) is 0 Å². The lowest BCUT2D eigenvalue weighted by molar-refractivity contribution is -0.134. The maximum absolute atomic E-state index is 11.9. The third-order valence-corrected chi connectivity index (χ3v) is 3.22. The molecule has 15 heavy (non-hydrogen) atoms. The standard InChI is InChI=1S/C10H17N3O2/c1-6(11)10(15)13-7-2-3-8(13)5-12-9(14)4-7/h6-8H,2-5,11H2,1H3,(H,12,14). The van der Waals surface area contributed by atoms with Gasteiger partial charge in [-0.2, -0.15) is 0 Å². The molecule has 2 bridgehead atoms. The van der Waals surface area contributed by atoms with E-state index in [9.17, 15) is 9.59 Å². The molecule has 2 rings (SSSR count). The SMILES string of the molecule is CC(N)C(=O)N1C2CCC1CC(=O)NC2. The number of hydrogen-bond donors (Lipinski definition) is 2. The van der Waals surface area contributed by atoms with Gasteiger partial charge in [-0.25, -0.2) is 0 Å². The fourth-order valence-corrected chi connectivity index (χ4v) is 2.47. The highest BCUT2D eigenvalue weighted by Gasteiger charge is 2.40. The van der Waals surface area contributed by atoms with Gasteiger partial charge in [0.1, 0.15) is 0 Å². The van der Waals surface area contributed by atoms with E-state index in [1.54, 1.807) is 6.92 Å². The van der Waals surface area contributed by atoms with Crippen LogP contribution in [0.25, 0.3) is 0 Å². The molecule has 0 saturated carbocycles. The molecule has 0 aromatic carbocycles. The number of rotatable bonds is 1. The smallest absolute Gasteiger partial charge is 0.239 e. The fraction of sp³-hybridized carbons (Fsp3) is 0.800. The van der Waals surface area contributed by atoms with Crippen molar-refractivity contribution in [3.8, 4) is 0 Å². The first-order valence-corrected chi connectivity index (χ1v) is 5.44. The van der Waals surface area contributed by atoms with E-state index < -0.39 is 6.04 Å². The first kappa shape index (κ1) is 10.4. The summed E-state index contributed by atoms with van der Waals surface area (Å²) in [5.74, 6) is 0.0173. The van der Waals surface area contributed by atoms with E-state index in [4.69, 9.17) is 5.73 Å². The predicted octanol–water partition coefficient (Wildman–Crippen LogP) is -0.787. The molecule has 3 atom stereocenters. The zero-order chi connectivity index (χ0) is 11.0. The highest BCUT2D eigenvalue weighted by atomic mass is 16.2. The summed E-state index contributed by atoms with van der Waals surface area (Å²) in [6.07, 6.45) is 2.33. The molecule has 0 aromatic rings. The van der Waals surface area contributed by atoms with Gasteiger partial charge < -0.3 is 16.0 Å². The highest BCUT2D eigenvalue weighted by Crippen LogP contribution is 2.28. The molecule has 5 nitrogen and oxygen atoms in total. The summed E-state index contributed by atoms with van der Waals surface area (Å²) < 4.78 is 0. The van der Waals surface area contributed by atoms with Gasteiger partial charge in [0, 0.05) is 25.0 Å². The number of carbonyl (C=O) groups is 2. The van der Waals surface area contributed by atoms with Crippen LogP contribution in [0.1, 0.15) is 26.2 Å². The molecule has 2 amide bonds. The van der Waals surface area contributed by atoms with Crippen LogP contribution in [0.15, 0.2) is 0 Å². The summed E-state index contributed by atoms with van der Waals surface area (Å²) in [7, 11) is 0. The van der Waals surface area contributed by atoms with Crippen LogP contribution in [0.2, 0.25) is 0 Å². The van der Waals surface area contributed by atoms with Crippen molar-refractivity contribution in [1.82, 2.24) is 10.2 Å². The summed E-state index contributed by atoms with van der Waals surface area (Å²) in [5.41, 5.74) is 5.61. The summed E-state index contributed by atoms with van der Waals surface area (Å²) in [5, 5.41) is 2.83. The molecule has 84 valence electrons. The molecule has 3 N–H and O–H groups in total. The quantitative estimate of drug-likeness (QED) is 0.597. The third kappa shape index (κ3) is 1.84. The van der Waals surface area contributed by atoms with Crippen molar-refractivity contribution in [3.05, 3.63) is 0 Å². The predicted molar refractivity (Wildman–Crippen MR) is 54.9 cm³/mol. The lowest BCUT2D eigenvalue weighted by Crippen LogP contribution is -2.49. The monoisotopic (exact) mass is 211 g/mol. The van der Waals surface area contributed by atoms with Crippen molar-refractivity contribution in [1.29, 1.82) is 0 Å². The Labute approximate surface area is 89.0 Å². The molecule has 3 unspecified atom stereocenters. The van der Waals surface area contributed by atoms with E-state index >= 15 is 0 Å². The van der Waals surface area contributed by atoms with Crippen LogP contribution in [0.3, 0.4) is 0 Å². The summed E-state index contributed by atoms with van der Waals surface area (Å²) >= 11 is 0. The molecule has 2 saturated heterocycles. The molecule has 0 radical (unpaired) electrons. The fourth-order valence-electron chi connectivity index (χ4n) is 2.47. The first-order chi connectivity index (χ1) is 7.09. The molecule has 2 heterocycles. The van der Waals surface area contributed by atoms with Crippen molar-refractivity contribution in [2.75, 3.05) is 6.54 Å². The van der Waals surface area contributed by atoms with Gasteiger partial charge in [-0.3, -0.25) is 9.59 Å². The van der Waals surface area contributed by atoms with Gasteiger partial charge in [-0.05, 0) is 19.8 Å². The maximum Gasteiger partial charge on any atom is 0.239 e. The van der Waals surface area contributed by atoms with Crippen LogP contribution in [0.4, 0.5) is 0 Å². The van der Waals surface area contributed by atoms with Gasteiger partial charge >= 0.3 is 0 Å². The zero-order valence-corrected chi connectivity index (χ0v) is 8.90. The lowest BCUT2D eigenvalue weighted by atomic mass is 10.1.